The maximum Gasteiger partial charge on any atom is 0.266 e. The highest BCUT2D eigenvalue weighted by atomic mass is 16.2. The number of carbonyl (C=O) groups is 3. The van der Waals surface area contributed by atoms with Gasteiger partial charge in [0.25, 0.3) is 11.8 Å². The Labute approximate surface area is 168 Å². The molecule has 5 nitrogen and oxygen atoms in total. The third-order valence-corrected chi connectivity index (χ3v) is 4.99. The Kier molecular flexibility index (Phi) is 4.72. The number of carbonyl (C=O) groups excluding carboxylic acids is 3. The summed E-state index contributed by atoms with van der Waals surface area (Å²) in [5.41, 5.74) is 10.6. The third-order valence-electron chi connectivity index (χ3n) is 4.99. The van der Waals surface area contributed by atoms with Gasteiger partial charge in [0.15, 0.2) is 0 Å². The molecule has 0 aliphatic carbocycles. The Morgan fingerprint density at radius 1 is 0.793 bits per heavy atom. The molecule has 0 aromatic heterocycles. The average molecular weight is 384 g/mol. The van der Waals surface area contributed by atoms with Crippen LogP contribution in [0.25, 0.3) is 0 Å². The summed E-state index contributed by atoms with van der Waals surface area (Å²) in [6, 6.07) is 20.1. The number of anilines is 2. The number of Topliss-reactive ketones (excluding diaryl/α,β-unsaturated/α-hetero) is 1. The Morgan fingerprint density at radius 2 is 1.34 bits per heavy atom. The molecule has 0 bridgehead atoms. The lowest BCUT2D eigenvalue weighted by Crippen LogP contribution is -2.29. The first kappa shape index (κ1) is 18.6. The zero-order chi connectivity index (χ0) is 20.5. The van der Waals surface area contributed by atoms with Crippen LogP contribution < -0.4 is 10.6 Å². The van der Waals surface area contributed by atoms with Crippen molar-refractivity contribution in [2.45, 2.75) is 19.8 Å². The summed E-state index contributed by atoms with van der Waals surface area (Å²) in [6.45, 7) is 1.50. The summed E-state index contributed by atoms with van der Waals surface area (Å²) in [4.78, 5) is 38.2. The van der Waals surface area contributed by atoms with Crippen molar-refractivity contribution in [2.24, 2.45) is 0 Å². The molecule has 0 atom stereocenters. The van der Waals surface area contributed by atoms with E-state index < -0.39 is 0 Å². The molecule has 2 N–H and O–H groups in total. The van der Waals surface area contributed by atoms with Crippen LogP contribution in [-0.2, 0) is 17.6 Å². The number of rotatable bonds is 5. The van der Waals surface area contributed by atoms with E-state index in [1.54, 1.807) is 30.3 Å². The van der Waals surface area contributed by atoms with Crippen molar-refractivity contribution < 1.29 is 14.4 Å². The van der Waals surface area contributed by atoms with Crippen molar-refractivity contribution in [2.75, 3.05) is 10.6 Å². The summed E-state index contributed by atoms with van der Waals surface area (Å²) < 4.78 is 0. The number of fused-ring (bicyclic) bond motifs is 1. The fourth-order valence-electron chi connectivity index (χ4n) is 3.55. The van der Waals surface area contributed by atoms with E-state index in [0.717, 1.165) is 28.8 Å². The fraction of sp³-hybridized carbons (Fsp3) is 0.125. The van der Waals surface area contributed by atoms with Crippen molar-refractivity contribution in [1.29, 1.82) is 0 Å². The predicted octanol–water partition coefficient (Wildman–Crippen LogP) is 3.79. The summed E-state index contributed by atoms with van der Waals surface area (Å²) in [5, 5.41) is 0. The van der Waals surface area contributed by atoms with Gasteiger partial charge in [-0.3, -0.25) is 14.4 Å². The lowest BCUT2D eigenvalue weighted by Gasteiger charge is -2.14. The van der Waals surface area contributed by atoms with Crippen molar-refractivity contribution in [3.05, 3.63) is 94.5 Å². The molecule has 0 unspecified atom stereocenters. The van der Waals surface area contributed by atoms with Gasteiger partial charge in [0.1, 0.15) is 5.78 Å². The molecule has 5 heteroatoms. The normalized spacial score (nSPS) is 12.9. The van der Waals surface area contributed by atoms with Gasteiger partial charge in [-0.25, -0.2) is 4.90 Å². The molecular weight excluding hydrogens is 364 g/mol. The maximum atomic E-state index is 12.9. The standard InChI is InChI=1S/C24H20N2O3/c1-15(27)12-18-6-11-21-22(14-18)24(29)26(23(21)28)20-9-4-17(5-10-20)13-16-2-7-19(25)8-3-16/h2-11,14H,12-13,25H2,1H3. The Balaban J connectivity index is 1.56. The summed E-state index contributed by atoms with van der Waals surface area (Å²) in [6.07, 6.45) is 0.978. The van der Waals surface area contributed by atoms with Gasteiger partial charge in [0, 0.05) is 12.1 Å². The van der Waals surface area contributed by atoms with Crippen LogP contribution in [0.3, 0.4) is 0 Å². The number of hydrogen-bond donors (Lipinski definition) is 1. The maximum absolute atomic E-state index is 12.9. The first-order valence-electron chi connectivity index (χ1n) is 9.37. The van der Waals surface area contributed by atoms with Gasteiger partial charge in [0.05, 0.1) is 16.8 Å². The SMILES string of the molecule is CC(=O)Cc1ccc2c(c1)C(=O)N(c1ccc(Cc3ccc(N)cc3)cc1)C2=O. The van der Waals surface area contributed by atoms with Crippen LogP contribution in [0.2, 0.25) is 0 Å². The highest BCUT2D eigenvalue weighted by molar-refractivity contribution is 6.34. The van der Waals surface area contributed by atoms with E-state index in [0.29, 0.717) is 16.8 Å². The minimum absolute atomic E-state index is 0.00951. The summed E-state index contributed by atoms with van der Waals surface area (Å²) in [7, 11) is 0. The lowest BCUT2D eigenvalue weighted by molar-refractivity contribution is -0.116. The van der Waals surface area contributed by atoms with Gasteiger partial charge >= 0.3 is 0 Å². The van der Waals surface area contributed by atoms with Crippen LogP contribution in [-0.4, -0.2) is 17.6 Å². The second-order valence-electron chi connectivity index (χ2n) is 7.29. The predicted molar refractivity (Wildman–Crippen MR) is 112 cm³/mol. The van der Waals surface area contributed by atoms with E-state index in [4.69, 9.17) is 5.73 Å². The largest absolute Gasteiger partial charge is 0.399 e. The molecule has 4 rings (SSSR count). The minimum atomic E-state index is -0.360. The molecule has 0 saturated carbocycles. The summed E-state index contributed by atoms with van der Waals surface area (Å²) >= 11 is 0. The number of ketones is 1. The Morgan fingerprint density at radius 3 is 1.97 bits per heavy atom. The van der Waals surface area contributed by atoms with Crippen LogP contribution in [0, 0.1) is 0 Å². The number of nitrogen functional groups attached to an aromatic ring is 1. The highest BCUT2D eigenvalue weighted by Gasteiger charge is 2.36. The lowest BCUT2D eigenvalue weighted by atomic mass is 10.0. The smallest absolute Gasteiger partial charge is 0.266 e. The number of benzene rings is 3. The number of nitrogens with two attached hydrogens (primary N) is 1. The number of hydrogen-bond acceptors (Lipinski definition) is 4. The topological polar surface area (TPSA) is 80.5 Å². The molecule has 3 aromatic carbocycles. The first-order valence-corrected chi connectivity index (χ1v) is 9.37. The molecule has 2 amide bonds. The van der Waals surface area contributed by atoms with E-state index in [1.807, 2.05) is 36.4 Å². The first-order chi connectivity index (χ1) is 13.9. The van der Waals surface area contributed by atoms with Crippen molar-refractivity contribution >= 4 is 29.0 Å². The number of nitrogens with zero attached hydrogens (tertiary/aromatic N) is 1. The van der Waals surface area contributed by atoms with E-state index in [1.165, 1.54) is 11.8 Å². The monoisotopic (exact) mass is 384 g/mol. The molecule has 0 saturated heterocycles. The van der Waals surface area contributed by atoms with Gasteiger partial charge in [-0.05, 0) is 66.4 Å². The second kappa shape index (κ2) is 7.36. The minimum Gasteiger partial charge on any atom is -0.399 e. The van der Waals surface area contributed by atoms with Crippen molar-refractivity contribution in [3.63, 3.8) is 0 Å². The van der Waals surface area contributed by atoms with Gasteiger partial charge < -0.3 is 5.73 Å². The molecule has 0 radical (unpaired) electrons. The molecule has 0 spiro atoms. The van der Waals surface area contributed by atoms with Crippen LogP contribution >= 0.6 is 0 Å². The quantitative estimate of drug-likeness (QED) is 0.536. The summed E-state index contributed by atoms with van der Waals surface area (Å²) in [5.74, 6) is -0.692. The Hall–Kier alpha value is -3.73. The zero-order valence-electron chi connectivity index (χ0n) is 16.0. The molecule has 1 aliphatic rings. The van der Waals surface area contributed by atoms with Crippen LogP contribution in [0.4, 0.5) is 11.4 Å². The second-order valence-corrected chi connectivity index (χ2v) is 7.29. The third kappa shape index (κ3) is 3.67. The highest BCUT2D eigenvalue weighted by Crippen LogP contribution is 2.29. The van der Waals surface area contributed by atoms with E-state index in [2.05, 4.69) is 0 Å². The number of amides is 2. The van der Waals surface area contributed by atoms with Crippen LogP contribution in [0.1, 0.15) is 44.3 Å². The average Bonchev–Trinajstić information content (AvgIpc) is 2.94. The van der Waals surface area contributed by atoms with Gasteiger partial charge in [-0.15, -0.1) is 0 Å². The van der Waals surface area contributed by atoms with E-state index in [-0.39, 0.29) is 24.0 Å². The number of imide groups is 1. The van der Waals surface area contributed by atoms with Gasteiger partial charge in [-0.1, -0.05) is 30.3 Å². The van der Waals surface area contributed by atoms with Crippen molar-refractivity contribution in [1.82, 2.24) is 0 Å². The fourth-order valence-corrected chi connectivity index (χ4v) is 3.55. The molecular formula is C24H20N2O3. The van der Waals surface area contributed by atoms with Crippen molar-refractivity contribution in [3.8, 4) is 0 Å². The van der Waals surface area contributed by atoms with E-state index in [9.17, 15) is 14.4 Å². The van der Waals surface area contributed by atoms with Crippen LogP contribution in [0.5, 0.6) is 0 Å². The molecule has 29 heavy (non-hydrogen) atoms. The Bertz CT molecular complexity index is 1120. The molecule has 0 fully saturated rings. The van der Waals surface area contributed by atoms with E-state index >= 15 is 0 Å². The van der Waals surface area contributed by atoms with Gasteiger partial charge in [-0.2, -0.15) is 0 Å². The molecule has 1 aliphatic heterocycles. The molecule has 144 valence electrons. The molecule has 3 aromatic rings. The molecule has 1 heterocycles. The van der Waals surface area contributed by atoms with Crippen LogP contribution in [0.15, 0.2) is 66.7 Å². The zero-order valence-corrected chi connectivity index (χ0v) is 16.0. The van der Waals surface area contributed by atoms with Gasteiger partial charge in [0.2, 0.25) is 0 Å².